The van der Waals surface area contributed by atoms with Crippen molar-refractivity contribution in [3.8, 4) is 0 Å². The van der Waals surface area contributed by atoms with Gasteiger partial charge in [0.25, 0.3) is 6.43 Å². The minimum atomic E-state index is -2.46. The molecule has 0 spiro atoms. The van der Waals surface area contributed by atoms with Gasteiger partial charge in [-0.1, -0.05) is 39.8 Å². The second kappa shape index (κ2) is 9.46. The molecule has 1 heterocycles. The molecule has 0 bridgehead atoms. The van der Waals surface area contributed by atoms with Crippen molar-refractivity contribution >= 4 is 12.1 Å². The second-order valence-electron chi connectivity index (χ2n) is 6.65. The third-order valence-electron chi connectivity index (χ3n) is 4.38. The minimum absolute atomic E-state index is 0.123. The summed E-state index contributed by atoms with van der Waals surface area (Å²) in [5, 5.41) is 6.34. The van der Waals surface area contributed by atoms with Gasteiger partial charge in [-0.3, -0.25) is 9.48 Å². The Hall–Kier alpha value is -2.24. The quantitative estimate of drug-likeness (QED) is 0.763. The van der Waals surface area contributed by atoms with Gasteiger partial charge in [-0.05, 0) is 47.9 Å². The molecule has 6 heteroatoms. The number of aromatic nitrogens is 2. The lowest BCUT2D eigenvalue weighted by Crippen LogP contribution is -2.11. The van der Waals surface area contributed by atoms with E-state index in [1.807, 2.05) is 26.0 Å². The van der Waals surface area contributed by atoms with E-state index in [2.05, 4.69) is 30.3 Å². The third kappa shape index (κ3) is 5.13. The third-order valence-corrected chi connectivity index (χ3v) is 4.38. The van der Waals surface area contributed by atoms with E-state index in [0.29, 0.717) is 5.56 Å². The summed E-state index contributed by atoms with van der Waals surface area (Å²) in [6.45, 7) is 10.1. The maximum Gasteiger partial charge on any atom is 0.282 e. The molecule has 144 valence electrons. The topological polar surface area (TPSA) is 46.9 Å². The molecule has 0 saturated heterocycles. The average Bonchev–Trinajstić information content (AvgIpc) is 3.10. The van der Waals surface area contributed by atoms with Crippen LogP contribution in [0.1, 0.15) is 62.9 Å². The van der Waals surface area contributed by atoms with Crippen molar-refractivity contribution in [2.24, 2.45) is 7.05 Å². The molecule has 1 aliphatic rings. The van der Waals surface area contributed by atoms with Crippen LogP contribution in [0.5, 0.6) is 0 Å². The van der Waals surface area contributed by atoms with Crippen LogP contribution in [0.4, 0.5) is 14.5 Å². The summed E-state index contributed by atoms with van der Waals surface area (Å²) in [5.74, 6) is 0. The average molecular weight is 365 g/mol. The molecule has 4 nitrogen and oxygen atoms in total. The molecule has 1 amide bonds. The van der Waals surface area contributed by atoms with Crippen LogP contribution in [-0.4, -0.2) is 16.2 Å². The zero-order valence-electron chi connectivity index (χ0n) is 16.4. The molecule has 0 radical (unpaired) electrons. The monoisotopic (exact) mass is 365 g/mol. The standard InChI is InChI=1S/C12H15NO.C6H8F2N2.C2H6/c1-12(2)7-6-9-10(12)4-3-5-11(9)13-8-14;1-4-3-10(2)9-5(4)6(7)8;1-2/h3-5,8H,6-7H2,1-2H3,(H,13,14);3,6H,1-2H3;1-2H3. The van der Waals surface area contributed by atoms with Crippen LogP contribution in [-0.2, 0) is 23.7 Å². The number of nitrogens with one attached hydrogen (secondary N) is 1. The van der Waals surface area contributed by atoms with Crippen molar-refractivity contribution < 1.29 is 13.6 Å². The number of carbonyl (C=O) groups excluding carboxylic acids is 1. The fourth-order valence-corrected chi connectivity index (χ4v) is 3.10. The molecule has 0 saturated carbocycles. The van der Waals surface area contributed by atoms with E-state index in [1.54, 1.807) is 20.2 Å². The van der Waals surface area contributed by atoms with Gasteiger partial charge < -0.3 is 5.32 Å². The number of hydrogen-bond acceptors (Lipinski definition) is 2. The first-order chi connectivity index (χ1) is 12.3. The van der Waals surface area contributed by atoms with Crippen molar-refractivity contribution in [3.63, 3.8) is 0 Å². The summed E-state index contributed by atoms with van der Waals surface area (Å²) >= 11 is 0. The highest BCUT2D eigenvalue weighted by Gasteiger charge is 2.30. The first kappa shape index (κ1) is 21.8. The summed E-state index contributed by atoms with van der Waals surface area (Å²) in [7, 11) is 1.62. The van der Waals surface area contributed by atoms with Crippen LogP contribution < -0.4 is 5.32 Å². The van der Waals surface area contributed by atoms with Crippen LogP contribution >= 0.6 is 0 Å². The molecule has 3 rings (SSSR count). The van der Waals surface area contributed by atoms with E-state index in [0.717, 1.165) is 18.5 Å². The Morgan fingerprint density at radius 1 is 1.31 bits per heavy atom. The van der Waals surface area contributed by atoms with E-state index in [4.69, 9.17) is 0 Å². The number of halogens is 2. The molecule has 0 atom stereocenters. The van der Waals surface area contributed by atoms with E-state index in [9.17, 15) is 13.6 Å². The van der Waals surface area contributed by atoms with Gasteiger partial charge in [0.15, 0.2) is 0 Å². The Kier molecular flexibility index (Phi) is 7.93. The highest BCUT2D eigenvalue weighted by molar-refractivity contribution is 5.75. The van der Waals surface area contributed by atoms with Gasteiger partial charge >= 0.3 is 0 Å². The summed E-state index contributed by atoms with van der Waals surface area (Å²) in [4.78, 5) is 10.4. The number of anilines is 1. The first-order valence-corrected chi connectivity index (χ1v) is 8.87. The summed E-state index contributed by atoms with van der Waals surface area (Å²) in [6.07, 6.45) is 2.10. The molecule has 1 aromatic heterocycles. The SMILES string of the molecule is CC.CC1(C)CCc2c(NC=O)cccc21.Cc1cn(C)nc1C(F)F. The molecular weight excluding hydrogens is 336 g/mol. The van der Waals surface area contributed by atoms with Gasteiger partial charge in [0.05, 0.1) is 0 Å². The number of aryl methyl sites for hydroxylation is 2. The van der Waals surface area contributed by atoms with Gasteiger partial charge in [0, 0.05) is 18.9 Å². The fourth-order valence-electron chi connectivity index (χ4n) is 3.10. The van der Waals surface area contributed by atoms with Gasteiger partial charge in [-0.15, -0.1) is 0 Å². The maximum atomic E-state index is 12.0. The van der Waals surface area contributed by atoms with Crippen LogP contribution in [0.15, 0.2) is 24.4 Å². The highest BCUT2D eigenvalue weighted by Crippen LogP contribution is 2.41. The lowest BCUT2D eigenvalue weighted by atomic mass is 9.86. The molecule has 1 aromatic carbocycles. The van der Waals surface area contributed by atoms with Gasteiger partial charge in [0.2, 0.25) is 6.41 Å². The Labute approximate surface area is 154 Å². The van der Waals surface area contributed by atoms with E-state index in [-0.39, 0.29) is 11.1 Å². The number of rotatable bonds is 3. The smallest absolute Gasteiger partial charge is 0.282 e. The van der Waals surface area contributed by atoms with E-state index < -0.39 is 6.43 Å². The van der Waals surface area contributed by atoms with Crippen molar-refractivity contribution in [1.29, 1.82) is 0 Å². The first-order valence-electron chi connectivity index (χ1n) is 8.87. The predicted octanol–water partition coefficient (Wildman–Crippen LogP) is 5.17. The van der Waals surface area contributed by atoms with Gasteiger partial charge in [0.1, 0.15) is 5.69 Å². The van der Waals surface area contributed by atoms with Crippen LogP contribution in [0.2, 0.25) is 0 Å². The van der Waals surface area contributed by atoms with Crippen molar-refractivity contribution in [2.75, 3.05) is 5.32 Å². The number of amides is 1. The summed E-state index contributed by atoms with van der Waals surface area (Å²) in [6, 6.07) is 6.14. The molecule has 0 aliphatic heterocycles. The lowest BCUT2D eigenvalue weighted by molar-refractivity contribution is -0.105. The van der Waals surface area contributed by atoms with Gasteiger partial charge in [-0.2, -0.15) is 5.10 Å². The van der Waals surface area contributed by atoms with Crippen molar-refractivity contribution in [1.82, 2.24) is 9.78 Å². The molecule has 0 fully saturated rings. The number of carbonyl (C=O) groups is 1. The Morgan fingerprint density at radius 3 is 2.42 bits per heavy atom. The molecule has 26 heavy (non-hydrogen) atoms. The normalized spacial score (nSPS) is 13.9. The molecule has 2 aromatic rings. The Balaban J connectivity index is 0.000000249. The maximum absolute atomic E-state index is 12.0. The number of alkyl halides is 2. The largest absolute Gasteiger partial charge is 0.328 e. The zero-order valence-corrected chi connectivity index (χ0v) is 16.4. The van der Waals surface area contributed by atoms with Crippen LogP contribution in [0.3, 0.4) is 0 Å². The number of fused-ring (bicyclic) bond motifs is 1. The lowest BCUT2D eigenvalue weighted by Gasteiger charge is -2.19. The fraction of sp³-hybridized carbons (Fsp3) is 0.500. The van der Waals surface area contributed by atoms with E-state index >= 15 is 0 Å². The Morgan fingerprint density at radius 2 is 1.96 bits per heavy atom. The molecule has 1 aliphatic carbocycles. The summed E-state index contributed by atoms with van der Waals surface area (Å²) < 4.78 is 25.3. The molecule has 1 N–H and O–H groups in total. The minimum Gasteiger partial charge on any atom is -0.328 e. The Bertz CT molecular complexity index is 724. The van der Waals surface area contributed by atoms with E-state index in [1.165, 1.54) is 22.2 Å². The molecule has 0 unspecified atom stereocenters. The number of hydrogen-bond donors (Lipinski definition) is 1. The number of benzene rings is 1. The second-order valence-corrected chi connectivity index (χ2v) is 6.65. The predicted molar refractivity (Wildman–Crippen MR) is 102 cm³/mol. The van der Waals surface area contributed by atoms with Crippen LogP contribution in [0, 0.1) is 6.92 Å². The highest BCUT2D eigenvalue weighted by atomic mass is 19.3. The van der Waals surface area contributed by atoms with Crippen molar-refractivity contribution in [3.05, 3.63) is 46.8 Å². The molecular formula is C20H29F2N3O. The summed E-state index contributed by atoms with van der Waals surface area (Å²) in [5.41, 5.74) is 4.34. The van der Waals surface area contributed by atoms with Crippen LogP contribution in [0.25, 0.3) is 0 Å². The van der Waals surface area contributed by atoms with Crippen molar-refractivity contribution in [2.45, 2.75) is 59.3 Å². The number of nitrogens with zero attached hydrogens (tertiary/aromatic N) is 2. The van der Waals surface area contributed by atoms with Gasteiger partial charge in [-0.25, -0.2) is 8.78 Å². The zero-order chi connectivity index (χ0) is 19.9.